The van der Waals surface area contributed by atoms with Crippen LogP contribution in [0, 0.1) is 13.8 Å². The molecule has 0 aliphatic rings. The third-order valence-corrected chi connectivity index (χ3v) is 4.83. The molecular formula is C20H20BrN3O. The van der Waals surface area contributed by atoms with Gasteiger partial charge < -0.3 is 9.88 Å². The molecule has 0 saturated heterocycles. The summed E-state index contributed by atoms with van der Waals surface area (Å²) < 4.78 is 3.07. The van der Waals surface area contributed by atoms with E-state index in [-0.39, 0.29) is 11.9 Å². The SMILES string of the molecule is Cc1cc(C(=O)NC(C)c2ccc(Br)cc2)c(C)n1-c1cccnc1. The number of carbonyl (C=O) groups excluding carboxylic acids is 1. The Bertz CT molecular complexity index is 885. The maximum atomic E-state index is 12.8. The number of aromatic nitrogens is 2. The minimum Gasteiger partial charge on any atom is -0.345 e. The van der Waals surface area contributed by atoms with Crippen molar-refractivity contribution >= 4 is 21.8 Å². The molecule has 0 aliphatic carbocycles. The van der Waals surface area contributed by atoms with Crippen molar-refractivity contribution in [2.45, 2.75) is 26.8 Å². The third-order valence-electron chi connectivity index (χ3n) is 4.30. The van der Waals surface area contributed by atoms with Gasteiger partial charge in [-0.25, -0.2) is 0 Å². The topological polar surface area (TPSA) is 46.9 Å². The number of halogens is 1. The zero-order valence-corrected chi connectivity index (χ0v) is 16.0. The lowest BCUT2D eigenvalue weighted by Crippen LogP contribution is -2.27. The molecule has 3 rings (SSSR count). The molecule has 3 aromatic rings. The zero-order chi connectivity index (χ0) is 18.0. The minimum atomic E-state index is -0.0707. The number of benzene rings is 1. The molecular weight excluding hydrogens is 378 g/mol. The van der Waals surface area contributed by atoms with Crippen molar-refractivity contribution in [3.8, 4) is 5.69 Å². The van der Waals surface area contributed by atoms with Crippen LogP contribution >= 0.6 is 15.9 Å². The van der Waals surface area contributed by atoms with Gasteiger partial charge in [0.05, 0.1) is 23.5 Å². The van der Waals surface area contributed by atoms with Crippen LogP contribution < -0.4 is 5.32 Å². The Labute approximate surface area is 156 Å². The molecule has 4 nitrogen and oxygen atoms in total. The summed E-state index contributed by atoms with van der Waals surface area (Å²) in [7, 11) is 0. The van der Waals surface area contributed by atoms with Crippen molar-refractivity contribution in [3.63, 3.8) is 0 Å². The van der Waals surface area contributed by atoms with Crippen LogP contribution in [0.1, 0.15) is 40.3 Å². The van der Waals surface area contributed by atoms with E-state index in [1.54, 1.807) is 12.4 Å². The van der Waals surface area contributed by atoms with Crippen molar-refractivity contribution in [1.82, 2.24) is 14.9 Å². The Morgan fingerprint density at radius 1 is 1.20 bits per heavy atom. The number of nitrogens with zero attached hydrogens (tertiary/aromatic N) is 2. The van der Waals surface area contributed by atoms with E-state index in [0.717, 1.165) is 27.1 Å². The molecule has 1 aromatic carbocycles. The van der Waals surface area contributed by atoms with Gasteiger partial charge in [-0.1, -0.05) is 28.1 Å². The fourth-order valence-corrected chi connectivity index (χ4v) is 3.25. The fraction of sp³-hybridized carbons (Fsp3) is 0.200. The molecule has 1 N–H and O–H groups in total. The second-order valence-electron chi connectivity index (χ2n) is 6.08. The number of aryl methyl sites for hydroxylation is 1. The minimum absolute atomic E-state index is 0.0675. The van der Waals surface area contributed by atoms with Gasteiger partial charge in [0.25, 0.3) is 5.91 Å². The van der Waals surface area contributed by atoms with Gasteiger partial charge in [0, 0.05) is 22.1 Å². The van der Waals surface area contributed by atoms with E-state index >= 15 is 0 Å². The second-order valence-corrected chi connectivity index (χ2v) is 6.99. The number of nitrogens with one attached hydrogen (secondary N) is 1. The summed E-state index contributed by atoms with van der Waals surface area (Å²) in [5.74, 6) is -0.0707. The lowest BCUT2D eigenvalue weighted by molar-refractivity contribution is 0.0939. The molecule has 2 heterocycles. The molecule has 128 valence electrons. The van der Waals surface area contributed by atoms with Crippen molar-refractivity contribution in [2.75, 3.05) is 0 Å². The molecule has 1 atom stereocenters. The molecule has 0 aliphatic heterocycles. The predicted molar refractivity (Wildman–Crippen MR) is 103 cm³/mol. The Balaban J connectivity index is 1.84. The molecule has 0 fully saturated rings. The first-order valence-electron chi connectivity index (χ1n) is 8.13. The average molecular weight is 398 g/mol. The Morgan fingerprint density at radius 3 is 2.56 bits per heavy atom. The summed E-state index contributed by atoms with van der Waals surface area (Å²) in [5, 5.41) is 3.08. The summed E-state index contributed by atoms with van der Waals surface area (Å²) in [5.41, 5.74) is 4.62. The second kappa shape index (κ2) is 7.23. The summed E-state index contributed by atoms with van der Waals surface area (Å²) in [6.45, 7) is 5.94. The quantitative estimate of drug-likeness (QED) is 0.690. The van der Waals surface area contributed by atoms with Crippen LogP contribution in [0.25, 0.3) is 5.69 Å². The summed E-state index contributed by atoms with van der Waals surface area (Å²) in [6, 6.07) is 13.7. The lowest BCUT2D eigenvalue weighted by atomic mass is 10.1. The molecule has 0 saturated carbocycles. The summed E-state index contributed by atoms with van der Waals surface area (Å²) >= 11 is 3.43. The summed E-state index contributed by atoms with van der Waals surface area (Å²) in [4.78, 5) is 16.9. The fourth-order valence-electron chi connectivity index (χ4n) is 2.99. The van der Waals surface area contributed by atoms with E-state index in [9.17, 15) is 4.79 Å². The van der Waals surface area contributed by atoms with Gasteiger partial charge in [0.15, 0.2) is 0 Å². The largest absolute Gasteiger partial charge is 0.345 e. The predicted octanol–water partition coefficient (Wildman–Crippen LogP) is 4.74. The molecule has 0 radical (unpaired) electrons. The first kappa shape index (κ1) is 17.4. The van der Waals surface area contributed by atoms with Gasteiger partial charge >= 0.3 is 0 Å². The van der Waals surface area contributed by atoms with Crippen LogP contribution in [0.3, 0.4) is 0 Å². The van der Waals surface area contributed by atoms with Gasteiger partial charge in [-0.05, 0) is 56.7 Å². The van der Waals surface area contributed by atoms with Crippen molar-refractivity contribution in [3.05, 3.63) is 81.8 Å². The highest BCUT2D eigenvalue weighted by Gasteiger charge is 2.18. The van der Waals surface area contributed by atoms with E-state index < -0.39 is 0 Å². The number of hydrogen-bond acceptors (Lipinski definition) is 2. The van der Waals surface area contributed by atoms with Crippen LogP contribution in [-0.2, 0) is 0 Å². The maximum Gasteiger partial charge on any atom is 0.253 e. The van der Waals surface area contributed by atoms with Crippen LogP contribution in [0.15, 0.2) is 59.3 Å². The van der Waals surface area contributed by atoms with Gasteiger partial charge in [-0.3, -0.25) is 9.78 Å². The molecule has 2 aromatic heterocycles. The van der Waals surface area contributed by atoms with Gasteiger partial charge in [0.2, 0.25) is 0 Å². The monoisotopic (exact) mass is 397 g/mol. The van der Waals surface area contributed by atoms with Crippen LogP contribution in [0.5, 0.6) is 0 Å². The smallest absolute Gasteiger partial charge is 0.253 e. The molecule has 5 heteroatoms. The summed E-state index contributed by atoms with van der Waals surface area (Å²) in [6.07, 6.45) is 3.54. The molecule has 1 unspecified atom stereocenters. The number of carbonyl (C=O) groups is 1. The van der Waals surface area contributed by atoms with E-state index in [0.29, 0.717) is 5.56 Å². The van der Waals surface area contributed by atoms with Crippen LogP contribution in [0.2, 0.25) is 0 Å². The van der Waals surface area contributed by atoms with Crippen LogP contribution in [-0.4, -0.2) is 15.5 Å². The van der Waals surface area contributed by atoms with Crippen molar-refractivity contribution in [2.24, 2.45) is 0 Å². The number of rotatable bonds is 4. The molecule has 25 heavy (non-hydrogen) atoms. The zero-order valence-electron chi connectivity index (χ0n) is 14.5. The average Bonchev–Trinajstić information content (AvgIpc) is 2.90. The van der Waals surface area contributed by atoms with Gasteiger partial charge in [0.1, 0.15) is 0 Å². The van der Waals surface area contributed by atoms with Crippen LogP contribution in [0.4, 0.5) is 0 Å². The van der Waals surface area contributed by atoms with Crippen molar-refractivity contribution in [1.29, 1.82) is 0 Å². The highest BCUT2D eigenvalue weighted by Crippen LogP contribution is 2.22. The standard InChI is InChI=1S/C20H20BrN3O/c1-13-11-19(15(3)24(13)18-5-4-10-22-12-18)20(25)23-14(2)16-6-8-17(21)9-7-16/h4-12,14H,1-3H3,(H,23,25). The highest BCUT2D eigenvalue weighted by atomic mass is 79.9. The van der Waals surface area contributed by atoms with Crippen molar-refractivity contribution < 1.29 is 4.79 Å². The first-order chi connectivity index (χ1) is 12.0. The van der Waals surface area contributed by atoms with Gasteiger partial charge in [-0.15, -0.1) is 0 Å². The lowest BCUT2D eigenvalue weighted by Gasteiger charge is -2.15. The van der Waals surface area contributed by atoms with E-state index in [4.69, 9.17) is 0 Å². The maximum absolute atomic E-state index is 12.8. The molecule has 1 amide bonds. The van der Waals surface area contributed by atoms with Gasteiger partial charge in [-0.2, -0.15) is 0 Å². The van der Waals surface area contributed by atoms with E-state index in [1.165, 1.54) is 0 Å². The Hall–Kier alpha value is -2.40. The van der Waals surface area contributed by atoms with E-state index in [1.807, 2.05) is 67.8 Å². The third kappa shape index (κ3) is 3.66. The number of pyridine rings is 1. The normalized spacial score (nSPS) is 12.0. The number of amides is 1. The van der Waals surface area contributed by atoms with E-state index in [2.05, 4.69) is 26.2 Å². The first-order valence-corrected chi connectivity index (χ1v) is 8.92. The number of hydrogen-bond donors (Lipinski definition) is 1. The molecule has 0 bridgehead atoms. The Kier molecular flexibility index (Phi) is 5.04. The Morgan fingerprint density at radius 2 is 1.92 bits per heavy atom. The molecule has 0 spiro atoms. The highest BCUT2D eigenvalue weighted by molar-refractivity contribution is 9.10.